The van der Waals surface area contributed by atoms with Crippen molar-refractivity contribution in [3.8, 4) is 5.88 Å². The number of carbonyl (C=O) groups is 1. The summed E-state index contributed by atoms with van der Waals surface area (Å²) in [6.45, 7) is 5.51. The van der Waals surface area contributed by atoms with Gasteiger partial charge in [-0.2, -0.15) is 4.98 Å². The van der Waals surface area contributed by atoms with Crippen LogP contribution in [0.25, 0.3) is 11.0 Å². The Morgan fingerprint density at radius 2 is 1.85 bits per heavy atom. The first kappa shape index (κ1) is 18.9. The van der Waals surface area contributed by atoms with Crippen LogP contribution in [0.5, 0.6) is 5.88 Å². The molecule has 0 aliphatic rings. The number of benzene rings is 1. The van der Waals surface area contributed by atoms with E-state index in [1.54, 1.807) is 32.9 Å². The zero-order valence-corrected chi connectivity index (χ0v) is 15.4. The lowest BCUT2D eigenvalue weighted by atomic mass is 9.86. The Morgan fingerprint density at radius 3 is 2.48 bits per heavy atom. The average molecular weight is 368 g/mol. The third-order valence-electron chi connectivity index (χ3n) is 3.72. The van der Waals surface area contributed by atoms with Crippen molar-refractivity contribution in [3.05, 3.63) is 54.1 Å². The van der Waals surface area contributed by atoms with Crippen molar-refractivity contribution in [1.29, 1.82) is 0 Å². The minimum atomic E-state index is -1.85. The van der Waals surface area contributed by atoms with Gasteiger partial charge in [0.05, 0.1) is 5.59 Å². The quantitative estimate of drug-likeness (QED) is 0.685. The maximum absolute atomic E-state index is 12.6. The van der Waals surface area contributed by atoms with Crippen LogP contribution in [0.1, 0.15) is 26.3 Å². The van der Waals surface area contributed by atoms with Gasteiger partial charge in [-0.1, -0.05) is 30.3 Å². The number of rotatable bonds is 4. The van der Waals surface area contributed by atoms with Gasteiger partial charge in [-0.3, -0.25) is 0 Å². The van der Waals surface area contributed by atoms with E-state index in [9.17, 15) is 14.8 Å². The molecule has 0 amide bonds. The molecule has 0 spiro atoms. The summed E-state index contributed by atoms with van der Waals surface area (Å²) in [5.41, 5.74) is 0.450. The number of pyridine rings is 1. The van der Waals surface area contributed by atoms with Gasteiger partial charge in [0.2, 0.25) is 5.88 Å². The van der Waals surface area contributed by atoms with Crippen molar-refractivity contribution in [2.45, 2.75) is 33.0 Å². The molecular formula is C19H21BN2O5. The first-order chi connectivity index (χ1) is 12.7. The van der Waals surface area contributed by atoms with E-state index >= 15 is 0 Å². The number of carbonyl (C=O) groups excluding carboxylic acids is 1. The lowest BCUT2D eigenvalue weighted by Crippen LogP contribution is -2.41. The molecule has 7 nitrogen and oxygen atoms in total. The van der Waals surface area contributed by atoms with Crippen LogP contribution in [0.2, 0.25) is 0 Å². The number of aromatic nitrogens is 2. The average Bonchev–Trinajstić information content (AvgIpc) is 2.98. The van der Waals surface area contributed by atoms with Crippen LogP contribution < -0.4 is 10.3 Å². The molecule has 0 unspecified atom stereocenters. The molecular weight excluding hydrogens is 347 g/mol. The summed E-state index contributed by atoms with van der Waals surface area (Å²) in [6, 6.07) is 14.5. The first-order valence-corrected chi connectivity index (χ1v) is 8.53. The molecule has 0 aliphatic heterocycles. The fraction of sp³-hybridized carbons (Fsp3) is 0.263. The molecule has 140 valence electrons. The number of ether oxygens (including phenoxy) is 2. The van der Waals surface area contributed by atoms with Crippen LogP contribution in [0.3, 0.4) is 0 Å². The summed E-state index contributed by atoms with van der Waals surface area (Å²) in [7, 11) is -1.85. The number of hydrogen-bond donors (Lipinski definition) is 2. The highest BCUT2D eigenvalue weighted by atomic mass is 16.6. The largest absolute Gasteiger partial charge is 0.506 e. The van der Waals surface area contributed by atoms with Crippen molar-refractivity contribution >= 4 is 29.8 Å². The van der Waals surface area contributed by atoms with Crippen LogP contribution >= 0.6 is 0 Å². The summed E-state index contributed by atoms with van der Waals surface area (Å²) in [4.78, 5) is 17.0. The molecule has 27 heavy (non-hydrogen) atoms. The van der Waals surface area contributed by atoms with Crippen molar-refractivity contribution in [1.82, 2.24) is 9.55 Å². The van der Waals surface area contributed by atoms with Crippen molar-refractivity contribution in [2.24, 2.45) is 0 Å². The molecule has 2 heterocycles. The minimum absolute atomic E-state index is 0.0213. The molecule has 0 saturated heterocycles. The Morgan fingerprint density at radius 1 is 1.15 bits per heavy atom. The highest BCUT2D eigenvalue weighted by Crippen LogP contribution is 2.20. The lowest BCUT2D eigenvalue weighted by molar-refractivity contribution is 0.0547. The number of fused-ring (bicyclic) bond motifs is 1. The molecule has 0 radical (unpaired) electrons. The molecule has 3 rings (SSSR count). The van der Waals surface area contributed by atoms with E-state index in [1.165, 1.54) is 6.07 Å². The van der Waals surface area contributed by atoms with Gasteiger partial charge in [0.15, 0.2) is 5.65 Å². The van der Waals surface area contributed by atoms with Gasteiger partial charge < -0.3 is 19.5 Å². The Balaban J connectivity index is 1.96. The molecule has 0 aliphatic carbocycles. The van der Waals surface area contributed by atoms with Crippen LogP contribution in [0.4, 0.5) is 4.79 Å². The van der Waals surface area contributed by atoms with Gasteiger partial charge in [-0.05, 0) is 38.5 Å². The fourth-order valence-corrected chi connectivity index (χ4v) is 2.58. The van der Waals surface area contributed by atoms with Crippen LogP contribution in [0.15, 0.2) is 48.5 Å². The predicted octanol–water partition coefficient (Wildman–Crippen LogP) is 2.08. The molecule has 0 bridgehead atoms. The number of hydrogen-bond acceptors (Lipinski definition) is 6. The third-order valence-corrected chi connectivity index (χ3v) is 3.72. The summed E-state index contributed by atoms with van der Waals surface area (Å²) in [5.74, 6) is 0.313. The number of nitrogens with zero attached hydrogens (tertiary/aromatic N) is 2. The van der Waals surface area contributed by atoms with Gasteiger partial charge >= 0.3 is 13.2 Å². The standard InChI is InChI=1S/C19H21BN2O5/c1-19(2,3)27-18(23)22-15(20(24)25)11-14-9-10-16(21-17(14)22)26-12-13-7-5-4-6-8-13/h4-11,24-25H,12H2,1-3H3. The minimum Gasteiger partial charge on any atom is -0.473 e. The normalized spacial score (nSPS) is 11.4. The summed E-state index contributed by atoms with van der Waals surface area (Å²) in [6.07, 6.45) is -0.742. The highest BCUT2D eigenvalue weighted by Gasteiger charge is 2.28. The lowest BCUT2D eigenvalue weighted by Gasteiger charge is -2.20. The predicted molar refractivity (Wildman–Crippen MR) is 102 cm³/mol. The van der Waals surface area contributed by atoms with E-state index in [1.807, 2.05) is 30.3 Å². The topological polar surface area (TPSA) is 93.8 Å². The first-order valence-electron chi connectivity index (χ1n) is 8.53. The zero-order chi connectivity index (χ0) is 19.6. The Kier molecular flexibility index (Phi) is 5.20. The molecule has 2 aromatic heterocycles. The van der Waals surface area contributed by atoms with E-state index in [4.69, 9.17) is 9.47 Å². The van der Waals surface area contributed by atoms with Gasteiger partial charge in [-0.15, -0.1) is 0 Å². The smallest absolute Gasteiger partial charge is 0.473 e. The van der Waals surface area contributed by atoms with Gasteiger partial charge in [0.1, 0.15) is 12.2 Å². The highest BCUT2D eigenvalue weighted by molar-refractivity contribution is 6.58. The summed E-state index contributed by atoms with van der Waals surface area (Å²) < 4.78 is 12.1. The van der Waals surface area contributed by atoms with Crippen LogP contribution in [-0.2, 0) is 11.3 Å². The molecule has 0 fully saturated rings. The van der Waals surface area contributed by atoms with E-state index in [2.05, 4.69) is 4.98 Å². The third kappa shape index (κ3) is 4.47. The Hall–Kier alpha value is -2.84. The van der Waals surface area contributed by atoms with E-state index < -0.39 is 18.8 Å². The Bertz CT molecular complexity index is 948. The molecule has 8 heteroatoms. The summed E-state index contributed by atoms with van der Waals surface area (Å²) in [5, 5.41) is 19.8. The van der Waals surface area contributed by atoms with E-state index in [-0.39, 0.29) is 11.2 Å². The zero-order valence-electron chi connectivity index (χ0n) is 15.4. The molecule has 2 N–H and O–H groups in total. The monoisotopic (exact) mass is 368 g/mol. The van der Waals surface area contributed by atoms with Crippen LogP contribution in [0, 0.1) is 0 Å². The fourth-order valence-electron chi connectivity index (χ4n) is 2.58. The Labute approximate surface area is 157 Å². The SMILES string of the molecule is CC(C)(C)OC(=O)n1c(B(O)O)cc2ccc(OCc3ccccc3)nc21. The second kappa shape index (κ2) is 7.42. The maximum atomic E-state index is 12.6. The second-order valence-corrected chi connectivity index (χ2v) is 7.10. The summed E-state index contributed by atoms with van der Waals surface area (Å²) >= 11 is 0. The molecule has 0 atom stereocenters. The molecule has 3 aromatic rings. The van der Waals surface area contributed by atoms with E-state index in [0.29, 0.717) is 17.9 Å². The van der Waals surface area contributed by atoms with Crippen molar-refractivity contribution in [2.75, 3.05) is 0 Å². The van der Waals surface area contributed by atoms with Crippen LogP contribution in [-0.4, -0.2) is 38.4 Å². The molecule has 1 aromatic carbocycles. The molecule has 0 saturated carbocycles. The van der Waals surface area contributed by atoms with Crippen molar-refractivity contribution < 1.29 is 24.3 Å². The van der Waals surface area contributed by atoms with Gasteiger partial charge in [0.25, 0.3) is 0 Å². The van der Waals surface area contributed by atoms with Gasteiger partial charge in [0, 0.05) is 11.5 Å². The maximum Gasteiger partial charge on any atom is 0.506 e. The second-order valence-electron chi connectivity index (χ2n) is 7.10. The van der Waals surface area contributed by atoms with Crippen molar-refractivity contribution in [3.63, 3.8) is 0 Å². The van der Waals surface area contributed by atoms with Gasteiger partial charge in [-0.25, -0.2) is 9.36 Å². The van der Waals surface area contributed by atoms with E-state index in [0.717, 1.165) is 10.1 Å².